The van der Waals surface area contributed by atoms with Gasteiger partial charge in [-0.3, -0.25) is 4.79 Å². The van der Waals surface area contributed by atoms with E-state index in [2.05, 4.69) is 0 Å². The number of hydrogen-bond donors (Lipinski definition) is 2. The van der Waals surface area contributed by atoms with Crippen molar-refractivity contribution < 1.29 is 14.6 Å². The summed E-state index contributed by atoms with van der Waals surface area (Å²) >= 11 is 0. The number of benzene rings is 1. The van der Waals surface area contributed by atoms with Crippen LogP contribution in [0.15, 0.2) is 18.2 Å². The number of carboxylic acids is 1. The highest BCUT2D eigenvalue weighted by atomic mass is 16.5. The van der Waals surface area contributed by atoms with E-state index in [1.165, 1.54) is 7.11 Å². The fourth-order valence-electron chi connectivity index (χ4n) is 1.37. The van der Waals surface area contributed by atoms with Crippen molar-refractivity contribution in [3.8, 4) is 5.75 Å². The molecule has 0 aliphatic heterocycles. The van der Waals surface area contributed by atoms with Crippen LogP contribution in [0.5, 0.6) is 5.75 Å². The zero-order valence-corrected chi connectivity index (χ0v) is 8.86. The van der Waals surface area contributed by atoms with Crippen molar-refractivity contribution >= 4 is 5.97 Å². The molecule has 0 saturated heterocycles. The van der Waals surface area contributed by atoms with E-state index in [0.29, 0.717) is 11.3 Å². The summed E-state index contributed by atoms with van der Waals surface area (Å²) in [5.41, 5.74) is 7.12. The van der Waals surface area contributed by atoms with Gasteiger partial charge < -0.3 is 15.6 Å². The number of hydrogen-bond acceptors (Lipinski definition) is 3. The lowest BCUT2D eigenvalue weighted by Crippen LogP contribution is -2.21. The van der Waals surface area contributed by atoms with E-state index >= 15 is 0 Å². The maximum Gasteiger partial charge on any atom is 0.325 e. The summed E-state index contributed by atoms with van der Waals surface area (Å²) in [5.74, 6) is -0.526. The molecule has 0 aliphatic rings. The average molecular weight is 209 g/mol. The van der Waals surface area contributed by atoms with Crippen LogP contribution in [0.4, 0.5) is 0 Å². The van der Waals surface area contributed by atoms with Gasteiger partial charge in [0, 0.05) is 5.56 Å². The fourth-order valence-corrected chi connectivity index (χ4v) is 1.37. The number of ether oxygens (including phenoxy) is 1. The van der Waals surface area contributed by atoms with E-state index in [9.17, 15) is 4.79 Å². The number of nitrogens with two attached hydrogens (primary N) is 1. The molecule has 0 fully saturated rings. The van der Waals surface area contributed by atoms with Gasteiger partial charge in [-0.2, -0.15) is 0 Å². The van der Waals surface area contributed by atoms with Crippen LogP contribution < -0.4 is 10.5 Å². The van der Waals surface area contributed by atoms with Gasteiger partial charge in [0.15, 0.2) is 0 Å². The monoisotopic (exact) mass is 209 g/mol. The molecule has 0 aromatic heterocycles. The summed E-state index contributed by atoms with van der Waals surface area (Å²) in [5, 5.41) is 8.80. The number of methoxy groups -OCH3 is 1. The Labute approximate surface area is 88.7 Å². The van der Waals surface area contributed by atoms with Crippen molar-refractivity contribution in [2.45, 2.75) is 19.4 Å². The predicted octanol–water partition coefficient (Wildman–Crippen LogP) is 1.34. The van der Waals surface area contributed by atoms with Gasteiger partial charge in [0.2, 0.25) is 0 Å². The van der Waals surface area contributed by atoms with Gasteiger partial charge in [-0.15, -0.1) is 0 Å². The summed E-state index contributed by atoms with van der Waals surface area (Å²) in [4.78, 5) is 10.7. The Balaban J connectivity index is 3.12. The minimum absolute atomic E-state index is 0.502. The summed E-state index contributed by atoms with van der Waals surface area (Å²) in [6, 6.07) is 4.35. The zero-order chi connectivity index (χ0) is 11.4. The molecule has 0 aliphatic carbocycles. The summed E-state index contributed by atoms with van der Waals surface area (Å²) in [6.45, 7) is 2.02. The maximum absolute atomic E-state index is 10.7. The minimum atomic E-state index is -1.06. The smallest absolute Gasteiger partial charge is 0.325 e. The molecule has 1 aromatic rings. The number of carbonyl (C=O) groups is 1. The molecule has 1 aromatic carbocycles. The first-order valence-electron chi connectivity index (χ1n) is 4.75. The Morgan fingerprint density at radius 1 is 1.60 bits per heavy atom. The molecule has 82 valence electrons. The normalized spacial score (nSPS) is 12.2. The first kappa shape index (κ1) is 11.5. The van der Waals surface area contributed by atoms with Crippen molar-refractivity contribution in [2.75, 3.05) is 7.11 Å². The van der Waals surface area contributed by atoms with E-state index in [1.54, 1.807) is 6.07 Å². The Morgan fingerprint density at radius 3 is 2.73 bits per heavy atom. The zero-order valence-electron chi connectivity index (χ0n) is 8.86. The standard InChI is InChI=1S/C11H15NO3/c1-3-7-4-5-8(9(6-7)15-2)10(12)11(13)14/h4-6,10H,3,12H2,1-2H3,(H,13,14). The van der Waals surface area contributed by atoms with Gasteiger partial charge in [0.25, 0.3) is 0 Å². The van der Waals surface area contributed by atoms with Crippen molar-refractivity contribution in [1.29, 1.82) is 0 Å². The molecule has 0 amide bonds. The molecule has 1 atom stereocenters. The van der Waals surface area contributed by atoms with E-state index in [0.717, 1.165) is 12.0 Å². The van der Waals surface area contributed by atoms with Gasteiger partial charge in [-0.1, -0.05) is 19.1 Å². The molecule has 0 bridgehead atoms. The molecular formula is C11H15NO3. The van der Waals surface area contributed by atoms with Crippen LogP contribution >= 0.6 is 0 Å². The predicted molar refractivity (Wildman–Crippen MR) is 56.9 cm³/mol. The van der Waals surface area contributed by atoms with Gasteiger partial charge in [0.05, 0.1) is 7.11 Å². The molecule has 0 radical (unpaired) electrons. The number of aliphatic carboxylic acids is 1. The maximum atomic E-state index is 10.7. The summed E-state index contributed by atoms with van der Waals surface area (Å²) in [7, 11) is 1.51. The highest BCUT2D eigenvalue weighted by Crippen LogP contribution is 2.25. The quantitative estimate of drug-likeness (QED) is 0.784. The highest BCUT2D eigenvalue weighted by Gasteiger charge is 2.18. The Hall–Kier alpha value is -1.55. The number of carboxylic acid groups (broad SMARTS) is 1. The number of rotatable bonds is 4. The summed E-state index contributed by atoms with van der Waals surface area (Å²) < 4.78 is 5.12. The van der Waals surface area contributed by atoms with E-state index in [-0.39, 0.29) is 0 Å². The van der Waals surface area contributed by atoms with Crippen LogP contribution in [-0.2, 0) is 11.2 Å². The largest absolute Gasteiger partial charge is 0.496 e. The van der Waals surface area contributed by atoms with Gasteiger partial charge in [-0.05, 0) is 18.1 Å². The van der Waals surface area contributed by atoms with E-state index in [1.807, 2.05) is 19.1 Å². The Bertz CT molecular complexity index is 363. The lowest BCUT2D eigenvalue weighted by molar-refractivity contribution is -0.138. The molecule has 4 nitrogen and oxygen atoms in total. The van der Waals surface area contributed by atoms with Crippen molar-refractivity contribution in [3.05, 3.63) is 29.3 Å². The van der Waals surface area contributed by atoms with Crippen LogP contribution in [0.1, 0.15) is 24.1 Å². The van der Waals surface area contributed by atoms with Crippen molar-refractivity contribution in [3.63, 3.8) is 0 Å². The van der Waals surface area contributed by atoms with Crippen LogP contribution in [0, 0.1) is 0 Å². The third-order valence-corrected chi connectivity index (χ3v) is 2.31. The van der Waals surface area contributed by atoms with E-state index < -0.39 is 12.0 Å². The van der Waals surface area contributed by atoms with Crippen molar-refractivity contribution in [1.82, 2.24) is 0 Å². The molecule has 0 spiro atoms. The third kappa shape index (κ3) is 2.47. The van der Waals surface area contributed by atoms with Gasteiger partial charge in [0.1, 0.15) is 11.8 Å². The average Bonchev–Trinajstić information content (AvgIpc) is 2.27. The van der Waals surface area contributed by atoms with Crippen LogP contribution in [0.2, 0.25) is 0 Å². The Morgan fingerprint density at radius 2 is 2.27 bits per heavy atom. The molecule has 0 heterocycles. The second kappa shape index (κ2) is 4.79. The molecule has 4 heteroatoms. The third-order valence-electron chi connectivity index (χ3n) is 2.31. The first-order valence-corrected chi connectivity index (χ1v) is 4.75. The second-order valence-corrected chi connectivity index (χ2v) is 3.25. The molecule has 3 N–H and O–H groups in total. The van der Waals surface area contributed by atoms with Crippen LogP contribution in [0.3, 0.4) is 0 Å². The van der Waals surface area contributed by atoms with Gasteiger partial charge in [-0.25, -0.2) is 0 Å². The lowest BCUT2D eigenvalue weighted by Gasteiger charge is -2.13. The van der Waals surface area contributed by atoms with Crippen LogP contribution in [0.25, 0.3) is 0 Å². The molecular weight excluding hydrogens is 194 g/mol. The minimum Gasteiger partial charge on any atom is -0.496 e. The molecule has 0 saturated carbocycles. The topological polar surface area (TPSA) is 72.6 Å². The molecule has 15 heavy (non-hydrogen) atoms. The lowest BCUT2D eigenvalue weighted by atomic mass is 10.0. The highest BCUT2D eigenvalue weighted by molar-refractivity contribution is 5.76. The molecule has 1 unspecified atom stereocenters. The Kier molecular flexibility index (Phi) is 3.68. The van der Waals surface area contributed by atoms with Gasteiger partial charge >= 0.3 is 5.97 Å². The molecule has 1 rings (SSSR count). The second-order valence-electron chi connectivity index (χ2n) is 3.25. The van der Waals surface area contributed by atoms with Crippen LogP contribution in [-0.4, -0.2) is 18.2 Å². The fraction of sp³-hybridized carbons (Fsp3) is 0.364. The summed E-state index contributed by atoms with van der Waals surface area (Å²) in [6.07, 6.45) is 0.874. The number of aryl methyl sites for hydroxylation is 1. The van der Waals surface area contributed by atoms with Crippen molar-refractivity contribution in [2.24, 2.45) is 5.73 Å². The first-order chi connectivity index (χ1) is 7.10. The SMILES string of the molecule is CCc1ccc(C(N)C(=O)O)c(OC)c1. The van der Waals surface area contributed by atoms with E-state index in [4.69, 9.17) is 15.6 Å².